The van der Waals surface area contributed by atoms with Gasteiger partial charge in [0, 0.05) is 5.02 Å². The molecule has 134 valence electrons. The van der Waals surface area contributed by atoms with E-state index in [9.17, 15) is 22.4 Å². The summed E-state index contributed by atoms with van der Waals surface area (Å²) < 4.78 is 51.6. The van der Waals surface area contributed by atoms with Crippen molar-refractivity contribution in [1.82, 2.24) is 5.32 Å². The molecule has 0 spiro atoms. The van der Waals surface area contributed by atoms with Crippen molar-refractivity contribution in [2.45, 2.75) is 12.6 Å². The minimum absolute atomic E-state index is 0.0669. The minimum Gasteiger partial charge on any atom is -0.324 e. The SMILES string of the molecule is O=C(CNCCc1ccc(F)cc1)Nc1ccc(Cl)cc1C(F)(F)F. The normalized spacial score (nSPS) is 11.4. The highest BCUT2D eigenvalue weighted by Gasteiger charge is 2.34. The quantitative estimate of drug-likeness (QED) is 0.585. The van der Waals surface area contributed by atoms with Gasteiger partial charge in [-0.2, -0.15) is 13.2 Å². The van der Waals surface area contributed by atoms with Crippen molar-refractivity contribution in [3.63, 3.8) is 0 Å². The summed E-state index contributed by atoms with van der Waals surface area (Å²) in [5, 5.41) is 4.98. The van der Waals surface area contributed by atoms with Gasteiger partial charge in [0.1, 0.15) is 5.82 Å². The highest BCUT2D eigenvalue weighted by atomic mass is 35.5. The number of nitrogens with one attached hydrogen (secondary N) is 2. The van der Waals surface area contributed by atoms with Crippen LogP contribution in [0, 0.1) is 5.82 Å². The second kappa shape index (κ2) is 8.31. The molecule has 0 aliphatic rings. The molecule has 3 nitrogen and oxygen atoms in total. The molecular weight excluding hydrogens is 360 g/mol. The third-order valence-electron chi connectivity index (χ3n) is 3.35. The number of carbonyl (C=O) groups excluding carboxylic acids is 1. The second-order valence-electron chi connectivity index (χ2n) is 5.29. The highest BCUT2D eigenvalue weighted by Crippen LogP contribution is 2.36. The zero-order valence-corrected chi connectivity index (χ0v) is 13.7. The number of hydrogen-bond donors (Lipinski definition) is 2. The Bertz CT molecular complexity index is 732. The number of alkyl halides is 3. The number of hydrogen-bond acceptors (Lipinski definition) is 2. The van der Waals surface area contributed by atoms with Crippen molar-refractivity contribution in [2.24, 2.45) is 0 Å². The molecule has 2 aromatic rings. The van der Waals surface area contributed by atoms with Crippen LogP contribution in [-0.2, 0) is 17.4 Å². The molecule has 25 heavy (non-hydrogen) atoms. The van der Waals surface area contributed by atoms with E-state index in [0.717, 1.165) is 17.7 Å². The van der Waals surface area contributed by atoms with Gasteiger partial charge in [-0.25, -0.2) is 4.39 Å². The lowest BCUT2D eigenvalue weighted by Gasteiger charge is -2.14. The first-order valence-electron chi connectivity index (χ1n) is 7.37. The summed E-state index contributed by atoms with van der Waals surface area (Å²) in [7, 11) is 0. The Balaban J connectivity index is 1.85. The Morgan fingerprint density at radius 3 is 2.40 bits per heavy atom. The molecule has 2 rings (SSSR count). The monoisotopic (exact) mass is 374 g/mol. The van der Waals surface area contributed by atoms with Crippen LogP contribution in [-0.4, -0.2) is 19.0 Å². The van der Waals surface area contributed by atoms with Crippen LogP contribution in [0.25, 0.3) is 0 Å². The molecule has 0 radical (unpaired) electrons. The molecule has 8 heteroatoms. The molecule has 0 saturated carbocycles. The zero-order chi connectivity index (χ0) is 18.4. The van der Waals surface area contributed by atoms with Gasteiger partial charge in [-0.05, 0) is 48.9 Å². The van der Waals surface area contributed by atoms with Crippen molar-refractivity contribution < 1.29 is 22.4 Å². The molecule has 0 atom stereocenters. The van der Waals surface area contributed by atoms with Crippen LogP contribution in [0.5, 0.6) is 0 Å². The van der Waals surface area contributed by atoms with Crippen molar-refractivity contribution in [1.29, 1.82) is 0 Å². The molecule has 0 fully saturated rings. The zero-order valence-electron chi connectivity index (χ0n) is 13.0. The number of benzene rings is 2. The first-order valence-corrected chi connectivity index (χ1v) is 7.75. The first kappa shape index (κ1) is 19.2. The van der Waals surface area contributed by atoms with Crippen molar-refractivity contribution in [2.75, 3.05) is 18.4 Å². The fraction of sp³-hybridized carbons (Fsp3) is 0.235. The number of rotatable bonds is 6. The van der Waals surface area contributed by atoms with E-state index in [2.05, 4.69) is 10.6 Å². The lowest BCUT2D eigenvalue weighted by Crippen LogP contribution is -2.30. The van der Waals surface area contributed by atoms with Gasteiger partial charge in [0.05, 0.1) is 17.8 Å². The average Bonchev–Trinajstić information content (AvgIpc) is 2.54. The lowest BCUT2D eigenvalue weighted by molar-refractivity contribution is -0.137. The van der Waals surface area contributed by atoms with Gasteiger partial charge >= 0.3 is 6.18 Å². The molecule has 0 aromatic heterocycles. The molecule has 2 N–H and O–H groups in total. The molecule has 0 heterocycles. The summed E-state index contributed by atoms with van der Waals surface area (Å²) in [6.45, 7) is 0.271. The third-order valence-corrected chi connectivity index (χ3v) is 3.59. The topological polar surface area (TPSA) is 41.1 Å². The lowest BCUT2D eigenvalue weighted by atomic mass is 10.1. The van der Waals surface area contributed by atoms with E-state index in [-0.39, 0.29) is 23.1 Å². The Labute approximate surface area is 147 Å². The smallest absolute Gasteiger partial charge is 0.324 e. The van der Waals surface area contributed by atoms with Crippen LogP contribution < -0.4 is 10.6 Å². The van der Waals surface area contributed by atoms with Crippen LogP contribution in [0.1, 0.15) is 11.1 Å². The number of carbonyl (C=O) groups is 1. The average molecular weight is 375 g/mol. The van der Waals surface area contributed by atoms with E-state index in [1.807, 2.05) is 0 Å². The van der Waals surface area contributed by atoms with Crippen molar-refractivity contribution >= 4 is 23.2 Å². The maximum absolute atomic E-state index is 12.9. The van der Waals surface area contributed by atoms with E-state index < -0.39 is 17.6 Å². The van der Waals surface area contributed by atoms with Crippen LogP contribution in [0.15, 0.2) is 42.5 Å². The minimum atomic E-state index is -4.62. The maximum Gasteiger partial charge on any atom is 0.418 e. The number of halogens is 5. The predicted octanol–water partition coefficient (Wildman–Crippen LogP) is 4.27. The van der Waals surface area contributed by atoms with Gasteiger partial charge in [0.15, 0.2) is 0 Å². The molecular formula is C17H15ClF4N2O. The molecule has 0 unspecified atom stereocenters. The Morgan fingerprint density at radius 1 is 1.08 bits per heavy atom. The molecule has 2 aromatic carbocycles. The maximum atomic E-state index is 12.9. The van der Waals surface area contributed by atoms with E-state index >= 15 is 0 Å². The fourth-order valence-corrected chi connectivity index (χ4v) is 2.31. The molecule has 0 saturated heterocycles. The fourth-order valence-electron chi connectivity index (χ4n) is 2.14. The Morgan fingerprint density at radius 2 is 1.76 bits per heavy atom. The summed E-state index contributed by atoms with van der Waals surface area (Å²) in [6, 6.07) is 9.07. The van der Waals surface area contributed by atoms with Gasteiger partial charge in [-0.1, -0.05) is 23.7 Å². The van der Waals surface area contributed by atoms with Crippen molar-refractivity contribution in [3.8, 4) is 0 Å². The molecule has 0 bridgehead atoms. The van der Waals surface area contributed by atoms with E-state index in [4.69, 9.17) is 11.6 Å². The van der Waals surface area contributed by atoms with Crippen LogP contribution in [0.4, 0.5) is 23.2 Å². The second-order valence-corrected chi connectivity index (χ2v) is 5.73. The predicted molar refractivity (Wildman–Crippen MR) is 88.1 cm³/mol. The van der Waals surface area contributed by atoms with E-state index in [1.165, 1.54) is 18.2 Å². The summed E-state index contributed by atoms with van der Waals surface area (Å²) in [5.41, 5.74) is -0.465. The van der Waals surface area contributed by atoms with Gasteiger partial charge in [0.2, 0.25) is 5.91 Å². The van der Waals surface area contributed by atoms with E-state index in [1.54, 1.807) is 12.1 Å². The Hall–Kier alpha value is -2.12. The van der Waals surface area contributed by atoms with E-state index in [0.29, 0.717) is 13.0 Å². The standard InChI is InChI=1S/C17H15ClF4N2O/c18-12-3-6-15(14(9-12)17(20,21)22)24-16(25)10-23-8-7-11-1-4-13(19)5-2-11/h1-6,9,23H,7-8,10H2,(H,24,25). The van der Waals surface area contributed by atoms with Gasteiger partial charge in [0.25, 0.3) is 0 Å². The molecule has 1 amide bonds. The van der Waals surface area contributed by atoms with Crippen LogP contribution in [0.3, 0.4) is 0 Å². The number of anilines is 1. The highest BCUT2D eigenvalue weighted by molar-refractivity contribution is 6.30. The summed E-state index contributed by atoms with van der Waals surface area (Å²) in [4.78, 5) is 11.8. The third kappa shape index (κ3) is 6.03. The molecule has 0 aliphatic carbocycles. The van der Waals surface area contributed by atoms with Crippen LogP contribution >= 0.6 is 11.6 Å². The number of amides is 1. The van der Waals surface area contributed by atoms with Gasteiger partial charge in [-0.3, -0.25) is 4.79 Å². The Kier molecular flexibility index (Phi) is 6.39. The summed E-state index contributed by atoms with van der Waals surface area (Å²) in [5.74, 6) is -0.938. The molecule has 0 aliphatic heterocycles. The largest absolute Gasteiger partial charge is 0.418 e. The summed E-state index contributed by atoms with van der Waals surface area (Å²) >= 11 is 5.58. The van der Waals surface area contributed by atoms with Crippen molar-refractivity contribution in [3.05, 3.63) is 64.4 Å². The summed E-state index contributed by atoms with van der Waals surface area (Å²) in [6.07, 6.45) is -4.06. The van der Waals surface area contributed by atoms with Crippen LogP contribution in [0.2, 0.25) is 5.02 Å². The first-order chi connectivity index (χ1) is 11.8. The van der Waals surface area contributed by atoms with Gasteiger partial charge < -0.3 is 10.6 Å². The van der Waals surface area contributed by atoms with Gasteiger partial charge in [-0.15, -0.1) is 0 Å².